The Morgan fingerprint density at radius 2 is 2.31 bits per heavy atom. The molecule has 2 heterocycles. The van der Waals surface area contributed by atoms with E-state index in [1.54, 1.807) is 25.3 Å². The quantitative estimate of drug-likeness (QED) is 0.754. The van der Waals surface area contributed by atoms with Crippen LogP contribution in [0, 0.1) is 6.92 Å². The molecule has 2 rings (SSSR count). The summed E-state index contributed by atoms with van der Waals surface area (Å²) in [6.07, 6.45) is 1.56. The second-order valence-electron chi connectivity index (χ2n) is 3.07. The Morgan fingerprint density at radius 3 is 2.94 bits per heavy atom. The fourth-order valence-electron chi connectivity index (χ4n) is 1.27. The van der Waals surface area contributed by atoms with Crippen LogP contribution >= 0.6 is 11.5 Å². The minimum absolute atomic E-state index is 0.204. The largest absolute Gasteiger partial charge is 0.494 e. The molecule has 0 aromatic carbocycles. The molecule has 0 N–H and O–H groups in total. The van der Waals surface area contributed by atoms with Gasteiger partial charge in [-0.15, -0.1) is 5.10 Å². The average molecular weight is 235 g/mol. The number of pyridine rings is 1. The fraction of sp³-hybridized carbons (Fsp3) is 0.200. The minimum atomic E-state index is -0.204. The Balaban J connectivity index is 2.46. The summed E-state index contributed by atoms with van der Waals surface area (Å²) in [5, 5.41) is 3.80. The molecule has 2 aromatic rings. The second-order valence-corrected chi connectivity index (χ2v) is 3.82. The Labute approximate surface area is 96.3 Å². The monoisotopic (exact) mass is 235 g/mol. The predicted octanol–water partition coefficient (Wildman–Crippen LogP) is 1.48. The van der Waals surface area contributed by atoms with Crippen molar-refractivity contribution >= 4 is 17.3 Å². The number of carbonyl (C=O) groups excluding carboxylic acids is 1. The van der Waals surface area contributed by atoms with Crippen LogP contribution in [0.3, 0.4) is 0 Å². The summed E-state index contributed by atoms with van der Waals surface area (Å²) >= 11 is 1.07. The van der Waals surface area contributed by atoms with E-state index in [1.165, 1.54) is 7.11 Å². The lowest BCUT2D eigenvalue weighted by atomic mass is 10.2. The second kappa shape index (κ2) is 4.36. The molecule has 0 saturated carbocycles. The van der Waals surface area contributed by atoms with E-state index >= 15 is 0 Å². The fourth-order valence-corrected chi connectivity index (χ4v) is 1.87. The Morgan fingerprint density at radius 1 is 1.50 bits per heavy atom. The lowest BCUT2D eigenvalue weighted by Crippen LogP contribution is -2.06. The highest BCUT2D eigenvalue weighted by Gasteiger charge is 2.20. The molecule has 2 aromatic heterocycles. The van der Waals surface area contributed by atoms with Crippen molar-refractivity contribution in [3.8, 4) is 5.75 Å². The molecule has 0 saturated heterocycles. The predicted molar refractivity (Wildman–Crippen MR) is 58.9 cm³/mol. The van der Waals surface area contributed by atoms with Crippen LogP contribution in [0.5, 0.6) is 5.75 Å². The molecule has 5 nitrogen and oxygen atoms in total. The van der Waals surface area contributed by atoms with Crippen molar-refractivity contribution in [2.75, 3.05) is 7.11 Å². The van der Waals surface area contributed by atoms with Crippen molar-refractivity contribution in [1.82, 2.24) is 14.6 Å². The highest BCUT2D eigenvalue weighted by atomic mass is 32.1. The number of aromatic nitrogens is 3. The van der Waals surface area contributed by atoms with E-state index in [4.69, 9.17) is 4.74 Å². The van der Waals surface area contributed by atoms with Gasteiger partial charge < -0.3 is 4.74 Å². The van der Waals surface area contributed by atoms with Gasteiger partial charge in [-0.3, -0.25) is 4.79 Å². The summed E-state index contributed by atoms with van der Waals surface area (Å²) < 4.78 is 8.81. The van der Waals surface area contributed by atoms with Crippen LogP contribution in [0.4, 0.5) is 0 Å². The average Bonchev–Trinajstić information content (AvgIpc) is 2.74. The zero-order valence-corrected chi connectivity index (χ0v) is 9.61. The molecule has 0 amide bonds. The van der Waals surface area contributed by atoms with Crippen molar-refractivity contribution in [1.29, 1.82) is 0 Å². The third-order valence-electron chi connectivity index (χ3n) is 2.06. The van der Waals surface area contributed by atoms with Gasteiger partial charge in [0.15, 0.2) is 5.69 Å². The van der Waals surface area contributed by atoms with Crippen molar-refractivity contribution in [2.45, 2.75) is 6.92 Å². The molecule has 0 radical (unpaired) electrons. The van der Waals surface area contributed by atoms with Crippen LogP contribution in [0.15, 0.2) is 18.3 Å². The van der Waals surface area contributed by atoms with Gasteiger partial charge in [0, 0.05) is 6.20 Å². The van der Waals surface area contributed by atoms with Crippen LogP contribution in [-0.4, -0.2) is 27.5 Å². The first-order valence-electron chi connectivity index (χ1n) is 4.56. The van der Waals surface area contributed by atoms with Gasteiger partial charge >= 0.3 is 0 Å². The zero-order valence-electron chi connectivity index (χ0n) is 8.80. The summed E-state index contributed by atoms with van der Waals surface area (Å²) in [6.45, 7) is 1.74. The molecule has 0 atom stereocenters. The standard InChI is InChI=1S/C10H9N3O2S/c1-6-10(16-13-12-6)9(14)8-7(15-2)4-3-5-11-8/h3-5H,1-2H3. The molecule has 0 unspecified atom stereocenters. The number of rotatable bonds is 3. The number of ketones is 1. The summed E-state index contributed by atoms with van der Waals surface area (Å²) in [5.74, 6) is 0.255. The number of ether oxygens (including phenoxy) is 1. The molecular weight excluding hydrogens is 226 g/mol. The summed E-state index contributed by atoms with van der Waals surface area (Å²) in [4.78, 5) is 16.6. The third kappa shape index (κ3) is 1.79. The molecule has 0 spiro atoms. The maximum Gasteiger partial charge on any atom is 0.228 e. The molecule has 0 aliphatic rings. The van der Waals surface area contributed by atoms with Crippen molar-refractivity contribution in [3.05, 3.63) is 34.6 Å². The SMILES string of the molecule is COc1cccnc1C(=O)c1snnc1C. The van der Waals surface area contributed by atoms with Gasteiger partial charge in [0.05, 0.1) is 12.8 Å². The molecule has 0 aliphatic heterocycles. The molecule has 0 aliphatic carbocycles. The minimum Gasteiger partial charge on any atom is -0.494 e. The molecular formula is C10H9N3O2S. The van der Waals surface area contributed by atoms with Crippen molar-refractivity contribution < 1.29 is 9.53 Å². The summed E-state index contributed by atoms with van der Waals surface area (Å²) in [7, 11) is 1.51. The molecule has 82 valence electrons. The normalized spacial score (nSPS) is 10.1. The third-order valence-corrected chi connectivity index (χ3v) is 2.89. The summed E-state index contributed by atoms with van der Waals surface area (Å²) in [5.41, 5.74) is 0.904. The maximum atomic E-state index is 12.1. The topological polar surface area (TPSA) is 65.0 Å². The number of methoxy groups -OCH3 is 1. The van der Waals surface area contributed by atoms with E-state index in [0.29, 0.717) is 22.0 Å². The number of aryl methyl sites for hydroxylation is 1. The Kier molecular flexibility index (Phi) is 2.91. The van der Waals surface area contributed by atoms with Crippen LogP contribution in [0.25, 0.3) is 0 Å². The number of carbonyl (C=O) groups is 1. The van der Waals surface area contributed by atoms with Crippen LogP contribution in [-0.2, 0) is 0 Å². The highest BCUT2D eigenvalue weighted by Crippen LogP contribution is 2.21. The van der Waals surface area contributed by atoms with Gasteiger partial charge in [0.2, 0.25) is 5.78 Å². The van der Waals surface area contributed by atoms with Crippen LogP contribution in [0.2, 0.25) is 0 Å². The van der Waals surface area contributed by atoms with E-state index < -0.39 is 0 Å². The number of nitrogens with zero attached hydrogens (tertiary/aromatic N) is 3. The van der Waals surface area contributed by atoms with Crippen LogP contribution < -0.4 is 4.74 Å². The first kappa shape index (κ1) is 10.7. The highest BCUT2D eigenvalue weighted by molar-refractivity contribution is 7.08. The van der Waals surface area contributed by atoms with Gasteiger partial charge in [0.25, 0.3) is 0 Å². The molecule has 6 heteroatoms. The van der Waals surface area contributed by atoms with E-state index in [9.17, 15) is 4.79 Å². The Hall–Kier alpha value is -1.82. The van der Waals surface area contributed by atoms with E-state index in [2.05, 4.69) is 14.6 Å². The van der Waals surface area contributed by atoms with Gasteiger partial charge in [-0.25, -0.2) is 4.98 Å². The lowest BCUT2D eigenvalue weighted by molar-refractivity contribution is 0.103. The van der Waals surface area contributed by atoms with Gasteiger partial charge in [-0.05, 0) is 30.6 Å². The van der Waals surface area contributed by atoms with Crippen molar-refractivity contribution in [2.24, 2.45) is 0 Å². The first-order valence-corrected chi connectivity index (χ1v) is 5.34. The van der Waals surface area contributed by atoms with E-state index in [1.807, 2.05) is 0 Å². The summed E-state index contributed by atoms with van der Waals surface area (Å²) in [6, 6.07) is 3.41. The van der Waals surface area contributed by atoms with E-state index in [0.717, 1.165) is 11.5 Å². The Bertz CT molecular complexity index is 524. The number of hydrogen-bond acceptors (Lipinski definition) is 6. The lowest BCUT2D eigenvalue weighted by Gasteiger charge is -2.04. The molecule has 0 bridgehead atoms. The maximum absolute atomic E-state index is 12.1. The molecule has 16 heavy (non-hydrogen) atoms. The van der Waals surface area contributed by atoms with Crippen molar-refractivity contribution in [3.63, 3.8) is 0 Å². The first-order chi connectivity index (χ1) is 7.74. The van der Waals surface area contributed by atoms with Gasteiger partial charge in [-0.1, -0.05) is 4.49 Å². The van der Waals surface area contributed by atoms with Crippen LogP contribution in [0.1, 0.15) is 21.1 Å². The van der Waals surface area contributed by atoms with E-state index in [-0.39, 0.29) is 5.78 Å². The van der Waals surface area contributed by atoms with Gasteiger partial charge in [0.1, 0.15) is 10.6 Å². The smallest absolute Gasteiger partial charge is 0.228 e. The number of hydrogen-bond donors (Lipinski definition) is 0. The molecule has 0 fully saturated rings. The van der Waals surface area contributed by atoms with Gasteiger partial charge in [-0.2, -0.15) is 0 Å². The zero-order chi connectivity index (χ0) is 11.5.